The monoisotopic (exact) mass is 1800 g/mol. The largest absolute Gasteiger partial charge is 0.396 e. The summed E-state index contributed by atoms with van der Waals surface area (Å²) in [6.07, 6.45) is 46.7. The lowest BCUT2D eigenvalue weighted by Gasteiger charge is -2.62. The van der Waals surface area contributed by atoms with Crippen LogP contribution in [0.2, 0.25) is 0 Å². The summed E-state index contributed by atoms with van der Waals surface area (Å²) in [7, 11) is 7.98. The third-order valence-corrected chi connectivity index (χ3v) is 39.6. The molecular formula is C106H194BrO14P. The zero-order valence-corrected chi connectivity index (χ0v) is 80.8. The van der Waals surface area contributed by atoms with Crippen LogP contribution in [-0.4, -0.2) is 185 Å². The summed E-state index contributed by atoms with van der Waals surface area (Å²) in [6.45, 7) is 40.3. The maximum atomic E-state index is 12.4. The van der Waals surface area contributed by atoms with Crippen LogP contribution < -0.4 is 0 Å². The third kappa shape index (κ3) is 21.8. The number of hydrogen-bond acceptors (Lipinski definition) is 14. The summed E-state index contributed by atoms with van der Waals surface area (Å²) in [6, 6.07) is 0. The maximum Gasteiger partial charge on any atom is 0.133 e. The van der Waals surface area contributed by atoms with Crippen LogP contribution in [0.5, 0.6) is 0 Å². The van der Waals surface area contributed by atoms with Gasteiger partial charge in [-0.05, 0) is 443 Å². The van der Waals surface area contributed by atoms with Crippen molar-refractivity contribution in [3.63, 3.8) is 0 Å². The molecule has 0 saturated heterocycles. The Bertz CT molecular complexity index is 3200. The van der Waals surface area contributed by atoms with Gasteiger partial charge in [0.15, 0.2) is 0 Å². The molecule has 0 heterocycles. The van der Waals surface area contributed by atoms with Crippen LogP contribution >= 0.6 is 24.5 Å². The Morgan fingerprint density at radius 1 is 0.443 bits per heavy atom. The lowest BCUT2D eigenvalue weighted by molar-refractivity contribution is -0.181. The molecule has 0 spiro atoms. The number of methoxy groups -OCH3 is 4. The van der Waals surface area contributed by atoms with Crippen molar-refractivity contribution in [3.05, 3.63) is 24.3 Å². The highest BCUT2D eigenvalue weighted by Gasteiger charge is 2.68. The van der Waals surface area contributed by atoms with Gasteiger partial charge in [0.1, 0.15) is 5.78 Å². The Morgan fingerprint density at radius 2 is 0.787 bits per heavy atom. The average molecular weight is 1800 g/mol. The van der Waals surface area contributed by atoms with Crippen molar-refractivity contribution < 1.29 is 68.6 Å². The number of halogens is 1. The molecule has 0 bridgehead atoms. The van der Waals surface area contributed by atoms with Crippen LogP contribution in [0, 0.1) is 156 Å². The molecule has 0 amide bonds. The Hall–Kier alpha value is -0.460. The second-order valence-electron chi connectivity index (χ2n) is 45.3. The Labute approximate surface area is 759 Å². The van der Waals surface area contributed by atoms with E-state index in [1.54, 1.807) is 34.0 Å². The van der Waals surface area contributed by atoms with Gasteiger partial charge in [0.05, 0.1) is 94.6 Å². The van der Waals surface area contributed by atoms with Crippen LogP contribution in [-0.2, 0) is 38.0 Å². The minimum atomic E-state index is -0.524. The van der Waals surface area contributed by atoms with Crippen molar-refractivity contribution in [1.82, 2.24) is 0 Å². The van der Waals surface area contributed by atoms with Crippen LogP contribution in [0.4, 0.5) is 0 Å². The van der Waals surface area contributed by atoms with Gasteiger partial charge in [-0.25, -0.2) is 0 Å². The van der Waals surface area contributed by atoms with Crippen molar-refractivity contribution in [2.75, 3.05) is 120 Å². The molecule has 14 nitrogen and oxygen atoms in total. The summed E-state index contributed by atoms with van der Waals surface area (Å²) in [5.74, 6) is 13.2. The van der Waals surface area contributed by atoms with Crippen LogP contribution in [0.25, 0.3) is 0 Å². The van der Waals surface area contributed by atoms with Gasteiger partial charge in [-0.3, -0.25) is 4.79 Å². The quantitative estimate of drug-likeness (QED) is 0.0274. The van der Waals surface area contributed by atoms with E-state index in [0.717, 1.165) is 171 Å². The van der Waals surface area contributed by atoms with Gasteiger partial charge in [-0.15, -0.1) is 15.2 Å². The number of aliphatic hydroxyl groups excluding tert-OH is 2. The first-order chi connectivity index (χ1) is 56.0. The van der Waals surface area contributed by atoms with Gasteiger partial charge in [0.25, 0.3) is 0 Å². The minimum absolute atomic E-state index is 0. The number of Topliss-reactive ketones (excluding diaryl/α,β-unsaturated/α-hetero) is 1. The molecule has 16 rings (SSSR count). The smallest absolute Gasteiger partial charge is 0.133 e. The molecule has 0 radical (unpaired) electrons. The maximum absolute atomic E-state index is 12.4. The molecular weight excluding hydrogens is 1610 g/mol. The van der Waals surface area contributed by atoms with Crippen LogP contribution in [0.15, 0.2) is 24.3 Å². The van der Waals surface area contributed by atoms with Crippen molar-refractivity contribution in [2.24, 2.45) is 156 Å². The standard InChI is InChI=1S/C25H44O4.C25H42O4.C25H42O3.C22H36O2.C3H7BrO.C2H7P.4CH4/c2*1-17(26)20-7-8-21-19-6-5-18-15-23(2,27)11-12-25(18,16-29-14-13-28-4)22(19)9-10-24(20,21)3;1-5-18-7-9-21-20-8-6-19-16-23(2,26)12-13-25(19,17-28-15-14-27-4)22(20)10-11-24(18,21)3;1-4-15-6-8-18-17-7-5-16-13-20(2,24)11-12-22(16,14-23)19(17)9-10-21(15,18)3;1-5-3-2-4;1-3-2;;;;/h17-22,26-27H,5-16H2,1-4H3;18-22,27H,5-16H2,1-4H3;5,18-22,26H,1,6-17H2,2-4H3;4,16-19,23-24H,5-14H2,1-3H3;2-3H2,1H3;3H,1-2H3;4*1H4/b;;;15-4-;;;;;;/t17?,18-,19-,20+,21-,22-,23+,24+,25+;18-,19-,20+,21-,22-,23+,24+,25+;18?,19-,20-,21-,22-,23+,24+,25+;16-,17-,18-,19-,20+,21+,22+;;;;;;/m0000....../s1. The second kappa shape index (κ2) is 45.0. The topological polar surface area (TPSA) is 203 Å². The third-order valence-electron chi connectivity index (χ3n) is 39.3. The highest BCUT2D eigenvalue weighted by atomic mass is 79.9. The van der Waals surface area contributed by atoms with Gasteiger partial charge >= 0.3 is 0 Å². The molecule has 16 saturated carbocycles. The predicted octanol–water partition coefficient (Wildman–Crippen LogP) is 23.5. The zero-order valence-electron chi connectivity index (χ0n) is 78.2. The molecule has 16 fully saturated rings. The summed E-state index contributed by atoms with van der Waals surface area (Å²) >= 11 is 3.18. The molecule has 0 aromatic rings. The summed E-state index contributed by atoms with van der Waals surface area (Å²) in [5.41, 5.74) is 1.88. The number of hydrogen-bond donors (Lipinski definition) is 6. The first-order valence-electron chi connectivity index (χ1n) is 48.8. The number of rotatable bonds is 21. The number of aliphatic hydroxyl groups is 6. The molecule has 16 heteroatoms. The number of carbonyl (C=O) groups is 1. The fourth-order valence-electron chi connectivity index (χ4n) is 33.6. The molecule has 122 heavy (non-hydrogen) atoms. The van der Waals surface area contributed by atoms with Gasteiger partial charge in [0, 0.05) is 46.3 Å². The number of alkyl halides is 1. The van der Waals surface area contributed by atoms with Crippen molar-refractivity contribution in [3.8, 4) is 0 Å². The molecule has 16 aliphatic carbocycles. The molecule has 32 atom stereocenters. The average Bonchev–Trinajstić information content (AvgIpc) is 1.13. The van der Waals surface area contributed by atoms with E-state index < -0.39 is 22.4 Å². The van der Waals surface area contributed by atoms with E-state index in [1.165, 1.54) is 148 Å². The van der Waals surface area contributed by atoms with E-state index in [-0.39, 0.29) is 68.8 Å². The minimum Gasteiger partial charge on any atom is -0.396 e. The van der Waals surface area contributed by atoms with E-state index >= 15 is 0 Å². The van der Waals surface area contributed by atoms with E-state index in [9.17, 15) is 35.4 Å². The number of ether oxygens (including phenoxy) is 7. The van der Waals surface area contributed by atoms with Crippen molar-refractivity contribution in [2.45, 2.75) is 366 Å². The fourth-order valence-corrected chi connectivity index (χ4v) is 34.0. The lowest BCUT2D eigenvalue weighted by Crippen LogP contribution is -2.58. The number of fused-ring (bicyclic) bond motifs is 20. The first-order valence-corrected chi connectivity index (χ1v) is 51.9. The normalized spacial score (nSPS) is 46.8. The molecule has 2 unspecified atom stereocenters. The number of ketones is 1. The Kier molecular flexibility index (Phi) is 40.1. The van der Waals surface area contributed by atoms with E-state index in [0.29, 0.717) is 127 Å². The summed E-state index contributed by atoms with van der Waals surface area (Å²) in [5, 5.41) is 64.9. The van der Waals surface area contributed by atoms with E-state index in [2.05, 4.69) is 94.3 Å². The number of allylic oxidation sites excluding steroid dienone is 3. The van der Waals surface area contributed by atoms with Gasteiger partial charge in [-0.2, -0.15) is 0 Å². The van der Waals surface area contributed by atoms with Crippen molar-refractivity contribution >= 4 is 30.3 Å². The highest BCUT2D eigenvalue weighted by molar-refractivity contribution is 9.09. The van der Waals surface area contributed by atoms with Gasteiger partial charge in [0.2, 0.25) is 0 Å². The van der Waals surface area contributed by atoms with Crippen molar-refractivity contribution in [1.29, 1.82) is 0 Å². The molecule has 714 valence electrons. The van der Waals surface area contributed by atoms with E-state index in [1.807, 2.05) is 34.6 Å². The second-order valence-corrected chi connectivity index (χ2v) is 47.1. The van der Waals surface area contributed by atoms with E-state index in [4.69, 9.17) is 28.4 Å². The zero-order chi connectivity index (χ0) is 85.7. The molecule has 6 N–H and O–H groups in total. The summed E-state index contributed by atoms with van der Waals surface area (Å²) in [4.78, 5) is 12.4. The SMILES string of the molecule is C.C.C.C.C/C=C1/CC[C@H]2[C@@H]3CC[C@H]4C[C@](C)(O)CC[C@]4(CO)[C@H]3CC[C@]12C.C=CC1CC[C@H]2[C@@H]3CC[C@H]4C[C@](C)(O)CC[C@]4(COCCOC)[C@H]3CC[C@]12C.COCCBr.COCCOC[C@]12CC[C@@](C)(O)C[C@@H]1CC[C@H]1[C@@H]3CC[C@H](C(C)=O)[C@@]3(C)CC[C@@H]12.COCCOC[C@]12CC[C@@](C)(O)C[C@@H]1CC[C@H]1[C@@H]3CC[C@H](C(C)O)[C@@]3(C)CC[C@@H]12.CPC. The lowest BCUT2D eigenvalue weighted by atomic mass is 9.43. The highest BCUT2D eigenvalue weighted by Crippen LogP contribution is 2.74. The summed E-state index contributed by atoms with van der Waals surface area (Å²) < 4.78 is 39.0. The van der Waals surface area contributed by atoms with Gasteiger partial charge in [-0.1, -0.05) is 91.1 Å². The fraction of sp³-hybridized carbons (Fsp3) is 0.953. The predicted molar refractivity (Wildman–Crippen MR) is 511 cm³/mol. The number of carbonyl (C=O) groups excluding carboxylic acids is 1. The molecule has 0 aliphatic heterocycles. The Balaban J connectivity index is 0.000000215. The molecule has 0 aromatic carbocycles. The molecule has 16 aliphatic rings. The Morgan fingerprint density at radius 3 is 1.16 bits per heavy atom. The first kappa shape index (κ1) is 109. The molecule has 0 aromatic heterocycles. The van der Waals surface area contributed by atoms with Gasteiger partial charge < -0.3 is 63.8 Å². The van der Waals surface area contributed by atoms with Crippen LogP contribution in [0.1, 0.15) is 337 Å². The van der Waals surface area contributed by atoms with Crippen LogP contribution in [0.3, 0.4) is 0 Å².